The highest BCUT2D eigenvalue weighted by atomic mass is 35.5. The molecule has 0 aliphatic carbocycles. The minimum Gasteiger partial charge on any atom is -0.475 e. The largest absolute Gasteiger partial charge is 0.475 e. The van der Waals surface area contributed by atoms with Crippen LogP contribution < -0.4 is 10.1 Å². The van der Waals surface area contributed by atoms with Crippen LogP contribution in [0.5, 0.6) is 5.88 Å². The number of aromatic nitrogens is 1. The minimum absolute atomic E-state index is 0.275. The number of methoxy groups -OCH3 is 1. The van der Waals surface area contributed by atoms with Crippen molar-refractivity contribution in [3.63, 3.8) is 0 Å². The van der Waals surface area contributed by atoms with Gasteiger partial charge in [-0.2, -0.15) is 0 Å². The highest BCUT2D eigenvalue weighted by Gasteiger charge is 2.06. The molecule has 2 rings (SSSR count). The lowest BCUT2D eigenvalue weighted by Gasteiger charge is -2.10. The summed E-state index contributed by atoms with van der Waals surface area (Å²) in [5.41, 5.74) is 1.38. The lowest BCUT2D eigenvalue weighted by Crippen LogP contribution is -2.21. The summed E-state index contributed by atoms with van der Waals surface area (Å²) in [6.07, 6.45) is 4.60. The molecule has 2 aromatic rings. The van der Waals surface area contributed by atoms with Crippen molar-refractivity contribution in [3.05, 3.63) is 63.8 Å². The van der Waals surface area contributed by atoms with Crippen LogP contribution in [0.2, 0.25) is 10.0 Å². The molecule has 1 aromatic heterocycles. The van der Waals surface area contributed by atoms with E-state index in [1.54, 1.807) is 43.6 Å². The molecule has 0 fully saturated rings. The molecule has 0 aliphatic rings. The molecule has 5 nitrogen and oxygen atoms in total. The second kappa shape index (κ2) is 10.0. The molecule has 0 atom stereocenters. The SMILES string of the molecule is COCCOc1ncccc1CNC(=O)/C=C/c1c(Cl)cccc1Cl. The first-order valence-electron chi connectivity index (χ1n) is 7.57. The summed E-state index contributed by atoms with van der Waals surface area (Å²) in [5.74, 6) is 0.195. The van der Waals surface area contributed by atoms with Crippen LogP contribution >= 0.6 is 23.2 Å². The Kier molecular flexibility index (Phi) is 7.73. The van der Waals surface area contributed by atoms with Crippen molar-refractivity contribution in [2.75, 3.05) is 20.3 Å². The average molecular weight is 381 g/mol. The Morgan fingerprint density at radius 3 is 2.68 bits per heavy atom. The van der Waals surface area contributed by atoms with E-state index in [0.717, 1.165) is 5.56 Å². The van der Waals surface area contributed by atoms with E-state index < -0.39 is 0 Å². The van der Waals surface area contributed by atoms with Gasteiger partial charge in [-0.1, -0.05) is 35.3 Å². The van der Waals surface area contributed by atoms with Crippen molar-refractivity contribution < 1.29 is 14.3 Å². The standard InChI is InChI=1S/C18H18Cl2N2O3/c1-24-10-11-25-18-13(4-3-9-21-18)12-22-17(23)8-7-14-15(19)5-2-6-16(14)20/h2-9H,10-12H2,1H3,(H,22,23)/b8-7+. The predicted molar refractivity (Wildman–Crippen MR) is 99.0 cm³/mol. The van der Waals surface area contributed by atoms with Gasteiger partial charge in [0.2, 0.25) is 11.8 Å². The zero-order valence-corrected chi connectivity index (χ0v) is 15.2. The molecule has 1 aromatic carbocycles. The average Bonchev–Trinajstić information content (AvgIpc) is 2.60. The Bertz CT molecular complexity index is 731. The number of hydrogen-bond acceptors (Lipinski definition) is 4. The van der Waals surface area contributed by atoms with Crippen LogP contribution in [0.4, 0.5) is 0 Å². The Morgan fingerprint density at radius 1 is 1.20 bits per heavy atom. The Labute approximate surface area is 156 Å². The summed E-state index contributed by atoms with van der Waals surface area (Å²) < 4.78 is 10.5. The number of nitrogens with zero attached hydrogens (tertiary/aromatic N) is 1. The topological polar surface area (TPSA) is 60.5 Å². The van der Waals surface area contributed by atoms with Crippen molar-refractivity contribution >= 4 is 35.2 Å². The Morgan fingerprint density at radius 2 is 1.96 bits per heavy atom. The number of hydrogen-bond donors (Lipinski definition) is 1. The number of carbonyl (C=O) groups is 1. The van der Waals surface area contributed by atoms with Gasteiger partial charge in [-0.15, -0.1) is 0 Å². The molecular weight excluding hydrogens is 363 g/mol. The smallest absolute Gasteiger partial charge is 0.244 e. The van der Waals surface area contributed by atoms with Crippen LogP contribution in [0, 0.1) is 0 Å². The molecule has 0 unspecified atom stereocenters. The van der Waals surface area contributed by atoms with E-state index >= 15 is 0 Å². The van der Waals surface area contributed by atoms with Gasteiger partial charge in [-0.3, -0.25) is 4.79 Å². The fourth-order valence-corrected chi connectivity index (χ4v) is 2.50. The van der Waals surface area contributed by atoms with Gasteiger partial charge in [-0.25, -0.2) is 4.98 Å². The number of carbonyl (C=O) groups excluding carboxylic acids is 1. The van der Waals surface area contributed by atoms with Crippen LogP contribution in [-0.2, 0) is 16.1 Å². The van der Waals surface area contributed by atoms with Crippen molar-refractivity contribution in [1.82, 2.24) is 10.3 Å². The van der Waals surface area contributed by atoms with Crippen molar-refractivity contribution in [3.8, 4) is 5.88 Å². The maximum atomic E-state index is 12.0. The van der Waals surface area contributed by atoms with Gasteiger partial charge >= 0.3 is 0 Å². The summed E-state index contributed by atoms with van der Waals surface area (Å²) in [6, 6.07) is 8.79. The molecular formula is C18H18Cl2N2O3. The van der Waals surface area contributed by atoms with Crippen LogP contribution in [-0.4, -0.2) is 31.2 Å². The van der Waals surface area contributed by atoms with E-state index in [1.165, 1.54) is 6.08 Å². The Balaban J connectivity index is 1.95. The van der Waals surface area contributed by atoms with Crippen LogP contribution in [0.25, 0.3) is 6.08 Å². The number of ether oxygens (including phenoxy) is 2. The molecule has 7 heteroatoms. The highest BCUT2D eigenvalue weighted by molar-refractivity contribution is 6.37. The van der Waals surface area contributed by atoms with Gasteiger partial charge in [0.15, 0.2) is 0 Å². The van der Waals surface area contributed by atoms with Gasteiger partial charge in [0.05, 0.1) is 6.61 Å². The van der Waals surface area contributed by atoms with E-state index in [-0.39, 0.29) is 12.5 Å². The summed E-state index contributed by atoms with van der Waals surface area (Å²) in [5, 5.41) is 3.74. The third kappa shape index (κ3) is 6.05. The van der Waals surface area contributed by atoms with Gasteiger partial charge in [0, 0.05) is 47.1 Å². The quantitative estimate of drug-likeness (QED) is 0.559. The zero-order chi connectivity index (χ0) is 18.1. The molecule has 0 radical (unpaired) electrons. The molecule has 0 saturated carbocycles. The third-order valence-corrected chi connectivity index (χ3v) is 3.89. The van der Waals surface area contributed by atoms with Crippen molar-refractivity contribution in [2.24, 2.45) is 0 Å². The first-order chi connectivity index (χ1) is 12.1. The lowest BCUT2D eigenvalue weighted by atomic mass is 10.2. The van der Waals surface area contributed by atoms with Crippen LogP contribution in [0.1, 0.15) is 11.1 Å². The van der Waals surface area contributed by atoms with Crippen molar-refractivity contribution in [2.45, 2.75) is 6.54 Å². The fourth-order valence-electron chi connectivity index (χ4n) is 1.98. The normalized spacial score (nSPS) is 10.8. The molecule has 0 spiro atoms. The summed E-state index contributed by atoms with van der Waals surface area (Å²) >= 11 is 12.1. The molecule has 1 heterocycles. The first kappa shape index (κ1) is 19.2. The second-order valence-corrected chi connectivity index (χ2v) is 5.81. The van der Waals surface area contributed by atoms with Gasteiger partial charge in [-0.05, 0) is 24.3 Å². The van der Waals surface area contributed by atoms with E-state index in [9.17, 15) is 4.79 Å². The van der Waals surface area contributed by atoms with E-state index in [4.69, 9.17) is 32.7 Å². The van der Waals surface area contributed by atoms with E-state index in [1.807, 2.05) is 6.07 Å². The fraction of sp³-hybridized carbons (Fsp3) is 0.222. The predicted octanol–water partition coefficient (Wildman–Crippen LogP) is 3.74. The molecule has 132 valence electrons. The highest BCUT2D eigenvalue weighted by Crippen LogP contribution is 2.25. The second-order valence-electron chi connectivity index (χ2n) is 5.00. The number of nitrogens with one attached hydrogen (secondary N) is 1. The number of rotatable bonds is 8. The Hall–Kier alpha value is -2.08. The number of pyridine rings is 1. The third-order valence-electron chi connectivity index (χ3n) is 3.23. The monoisotopic (exact) mass is 380 g/mol. The number of halogens is 2. The lowest BCUT2D eigenvalue weighted by molar-refractivity contribution is -0.116. The van der Waals surface area contributed by atoms with Crippen molar-refractivity contribution in [1.29, 1.82) is 0 Å². The molecule has 1 N–H and O–H groups in total. The van der Waals surface area contributed by atoms with E-state index in [0.29, 0.717) is 34.7 Å². The minimum atomic E-state index is -0.275. The maximum absolute atomic E-state index is 12.0. The van der Waals surface area contributed by atoms with E-state index in [2.05, 4.69) is 10.3 Å². The van der Waals surface area contributed by atoms with Crippen LogP contribution in [0.3, 0.4) is 0 Å². The molecule has 0 saturated heterocycles. The number of amides is 1. The first-order valence-corrected chi connectivity index (χ1v) is 8.33. The summed E-state index contributed by atoms with van der Waals surface area (Å²) in [4.78, 5) is 16.2. The van der Waals surface area contributed by atoms with Gasteiger partial charge < -0.3 is 14.8 Å². The molecule has 25 heavy (non-hydrogen) atoms. The summed E-state index contributed by atoms with van der Waals surface area (Å²) in [6.45, 7) is 1.14. The van der Waals surface area contributed by atoms with Crippen LogP contribution in [0.15, 0.2) is 42.6 Å². The van der Waals surface area contributed by atoms with Gasteiger partial charge in [0.25, 0.3) is 0 Å². The molecule has 1 amide bonds. The summed E-state index contributed by atoms with van der Waals surface area (Å²) in [7, 11) is 1.60. The zero-order valence-electron chi connectivity index (χ0n) is 13.7. The number of benzene rings is 1. The molecule has 0 bridgehead atoms. The van der Waals surface area contributed by atoms with Gasteiger partial charge in [0.1, 0.15) is 6.61 Å². The maximum Gasteiger partial charge on any atom is 0.244 e. The molecule has 0 aliphatic heterocycles.